The first kappa shape index (κ1) is 19.6. The van der Waals surface area contributed by atoms with Crippen LogP contribution >= 0.6 is 11.3 Å². The number of benzene rings is 2. The molecule has 1 atom stereocenters. The monoisotopic (exact) mass is 393 g/mol. The van der Waals surface area contributed by atoms with E-state index in [4.69, 9.17) is 0 Å². The maximum absolute atomic E-state index is 12.4. The molecule has 3 rings (SSSR count). The summed E-state index contributed by atoms with van der Waals surface area (Å²) >= 11 is 1.61. The van der Waals surface area contributed by atoms with E-state index >= 15 is 0 Å². The van der Waals surface area contributed by atoms with Crippen molar-refractivity contribution >= 4 is 23.3 Å². The first-order valence-electron chi connectivity index (χ1n) is 9.16. The van der Waals surface area contributed by atoms with Crippen molar-refractivity contribution in [3.8, 4) is 0 Å². The fraction of sp³-hybridized carbons (Fsp3) is 0.182. The molecule has 0 aliphatic heterocycles. The number of carbonyl (C=O) groups excluding carboxylic acids is 2. The summed E-state index contributed by atoms with van der Waals surface area (Å²) in [4.78, 5) is 25.4. The Morgan fingerprint density at radius 2 is 1.57 bits per heavy atom. The van der Waals surface area contributed by atoms with E-state index in [2.05, 4.69) is 16.0 Å². The Labute approximate surface area is 168 Å². The molecule has 1 aromatic heterocycles. The van der Waals surface area contributed by atoms with Gasteiger partial charge in [-0.2, -0.15) is 0 Å². The van der Waals surface area contributed by atoms with Crippen molar-refractivity contribution in [1.82, 2.24) is 16.0 Å². The molecule has 5 nitrogen and oxygen atoms in total. The third-order valence-corrected chi connectivity index (χ3v) is 5.14. The summed E-state index contributed by atoms with van der Waals surface area (Å²) in [5.74, 6) is -0.106. The lowest BCUT2D eigenvalue weighted by Gasteiger charge is -2.18. The SMILES string of the molecule is O=C(CCNC(=O)NCc1ccccc1)N[C@H](c1ccccc1)c1cccs1. The number of hydrogen-bond donors (Lipinski definition) is 3. The van der Waals surface area contributed by atoms with Gasteiger partial charge in [-0.1, -0.05) is 66.7 Å². The van der Waals surface area contributed by atoms with Crippen molar-refractivity contribution in [3.63, 3.8) is 0 Å². The molecule has 3 amide bonds. The predicted octanol–water partition coefficient (Wildman–Crippen LogP) is 3.84. The fourth-order valence-corrected chi connectivity index (χ4v) is 3.59. The Hall–Kier alpha value is -3.12. The molecule has 3 N–H and O–H groups in total. The van der Waals surface area contributed by atoms with Gasteiger partial charge in [0.2, 0.25) is 5.91 Å². The molecule has 0 aliphatic carbocycles. The van der Waals surface area contributed by atoms with Crippen LogP contribution in [0.3, 0.4) is 0 Å². The molecule has 2 aromatic carbocycles. The number of thiophene rings is 1. The predicted molar refractivity (Wildman–Crippen MR) is 112 cm³/mol. The van der Waals surface area contributed by atoms with E-state index in [-0.39, 0.29) is 30.9 Å². The van der Waals surface area contributed by atoms with Crippen LogP contribution in [-0.2, 0) is 11.3 Å². The highest BCUT2D eigenvalue weighted by molar-refractivity contribution is 7.10. The number of amides is 3. The molecule has 0 bridgehead atoms. The maximum Gasteiger partial charge on any atom is 0.315 e. The Kier molecular flexibility index (Phi) is 7.21. The van der Waals surface area contributed by atoms with Crippen molar-refractivity contribution in [3.05, 3.63) is 94.2 Å². The number of rotatable bonds is 8. The van der Waals surface area contributed by atoms with Gasteiger partial charge in [-0.3, -0.25) is 4.79 Å². The first-order valence-corrected chi connectivity index (χ1v) is 10.0. The lowest BCUT2D eigenvalue weighted by molar-refractivity contribution is -0.121. The topological polar surface area (TPSA) is 70.2 Å². The quantitative estimate of drug-likeness (QED) is 0.544. The highest BCUT2D eigenvalue weighted by Crippen LogP contribution is 2.25. The van der Waals surface area contributed by atoms with Crippen molar-refractivity contribution in [2.75, 3.05) is 6.54 Å². The summed E-state index contributed by atoms with van der Waals surface area (Å²) in [7, 11) is 0. The molecule has 0 spiro atoms. The van der Waals surface area contributed by atoms with Gasteiger partial charge in [0.05, 0.1) is 6.04 Å². The van der Waals surface area contributed by atoms with Gasteiger partial charge in [0, 0.05) is 24.4 Å². The van der Waals surface area contributed by atoms with Gasteiger partial charge in [-0.15, -0.1) is 11.3 Å². The van der Waals surface area contributed by atoms with E-state index in [9.17, 15) is 9.59 Å². The molecule has 3 aromatic rings. The van der Waals surface area contributed by atoms with Crippen LogP contribution < -0.4 is 16.0 Å². The molecule has 144 valence electrons. The molecule has 0 unspecified atom stereocenters. The third kappa shape index (κ3) is 5.96. The van der Waals surface area contributed by atoms with E-state index < -0.39 is 0 Å². The molecule has 0 saturated heterocycles. The smallest absolute Gasteiger partial charge is 0.315 e. The van der Waals surface area contributed by atoms with Crippen molar-refractivity contribution in [2.45, 2.75) is 19.0 Å². The van der Waals surface area contributed by atoms with Crippen LogP contribution in [0.2, 0.25) is 0 Å². The van der Waals surface area contributed by atoms with E-state index in [1.54, 1.807) is 11.3 Å². The van der Waals surface area contributed by atoms with Crippen LogP contribution in [0.15, 0.2) is 78.2 Å². The Morgan fingerprint density at radius 3 is 2.25 bits per heavy atom. The van der Waals surface area contributed by atoms with Gasteiger partial charge < -0.3 is 16.0 Å². The lowest BCUT2D eigenvalue weighted by Crippen LogP contribution is -2.38. The number of hydrogen-bond acceptors (Lipinski definition) is 3. The summed E-state index contributed by atoms with van der Waals surface area (Å²) in [5, 5.41) is 10.6. The average Bonchev–Trinajstić information content (AvgIpc) is 3.26. The van der Waals surface area contributed by atoms with Crippen LogP contribution in [0.5, 0.6) is 0 Å². The van der Waals surface area contributed by atoms with Crippen molar-refractivity contribution in [1.29, 1.82) is 0 Å². The van der Waals surface area contributed by atoms with Crippen molar-refractivity contribution in [2.24, 2.45) is 0 Å². The van der Waals surface area contributed by atoms with Gasteiger partial charge in [0.1, 0.15) is 0 Å². The van der Waals surface area contributed by atoms with Gasteiger partial charge in [0.25, 0.3) is 0 Å². The summed E-state index contributed by atoms with van der Waals surface area (Å²) < 4.78 is 0. The minimum Gasteiger partial charge on any atom is -0.344 e. The average molecular weight is 394 g/mol. The maximum atomic E-state index is 12.4. The second-order valence-corrected chi connectivity index (χ2v) is 7.25. The van der Waals surface area contributed by atoms with Crippen molar-refractivity contribution < 1.29 is 9.59 Å². The van der Waals surface area contributed by atoms with E-state index in [1.165, 1.54) is 0 Å². The summed E-state index contributed by atoms with van der Waals surface area (Å²) in [6, 6.07) is 23.1. The number of nitrogens with one attached hydrogen (secondary N) is 3. The molecular formula is C22H23N3O2S. The molecule has 0 fully saturated rings. The Balaban J connectivity index is 1.45. The standard InChI is InChI=1S/C22H23N3O2S/c26-20(13-14-23-22(27)24-16-17-8-3-1-4-9-17)25-21(19-12-7-15-28-19)18-10-5-2-6-11-18/h1-12,15,21H,13-14,16H2,(H,25,26)(H2,23,24,27)/t21-/m1/s1. The largest absolute Gasteiger partial charge is 0.344 e. The summed E-state index contributed by atoms with van der Waals surface area (Å²) in [6.07, 6.45) is 0.216. The molecule has 1 heterocycles. The fourth-order valence-electron chi connectivity index (χ4n) is 2.78. The third-order valence-electron chi connectivity index (χ3n) is 4.20. The van der Waals surface area contributed by atoms with Gasteiger partial charge in [-0.05, 0) is 22.6 Å². The zero-order valence-corrected chi connectivity index (χ0v) is 16.2. The van der Waals surface area contributed by atoms with Crippen LogP contribution in [0.25, 0.3) is 0 Å². The lowest BCUT2D eigenvalue weighted by atomic mass is 10.1. The first-order chi connectivity index (χ1) is 13.7. The van der Waals surface area contributed by atoms with Gasteiger partial charge >= 0.3 is 6.03 Å². The van der Waals surface area contributed by atoms with E-state index in [1.807, 2.05) is 78.2 Å². The highest BCUT2D eigenvalue weighted by atomic mass is 32.1. The van der Waals surface area contributed by atoms with Gasteiger partial charge in [0.15, 0.2) is 0 Å². The van der Waals surface area contributed by atoms with Crippen LogP contribution in [-0.4, -0.2) is 18.5 Å². The zero-order valence-electron chi connectivity index (χ0n) is 15.4. The van der Waals surface area contributed by atoms with Gasteiger partial charge in [-0.25, -0.2) is 4.79 Å². The number of carbonyl (C=O) groups is 2. The minimum absolute atomic E-state index is 0.106. The number of urea groups is 1. The second kappa shape index (κ2) is 10.3. The van der Waals surface area contributed by atoms with Crippen LogP contribution in [0, 0.1) is 0 Å². The Bertz CT molecular complexity index is 867. The summed E-state index contributed by atoms with van der Waals surface area (Å²) in [5.41, 5.74) is 2.06. The molecule has 6 heteroatoms. The zero-order chi connectivity index (χ0) is 19.6. The summed E-state index contributed by atoms with van der Waals surface area (Å²) in [6.45, 7) is 0.728. The Morgan fingerprint density at radius 1 is 0.857 bits per heavy atom. The van der Waals surface area contributed by atoms with E-state index in [0.29, 0.717) is 6.54 Å². The second-order valence-electron chi connectivity index (χ2n) is 6.27. The molecular weight excluding hydrogens is 370 g/mol. The normalized spacial score (nSPS) is 11.4. The van der Waals surface area contributed by atoms with Crippen LogP contribution in [0.4, 0.5) is 4.79 Å². The molecule has 0 aliphatic rings. The van der Waals surface area contributed by atoms with Crippen LogP contribution in [0.1, 0.15) is 28.5 Å². The molecule has 0 radical (unpaired) electrons. The minimum atomic E-state index is -0.283. The van der Waals surface area contributed by atoms with E-state index in [0.717, 1.165) is 16.0 Å². The molecule has 0 saturated carbocycles. The highest BCUT2D eigenvalue weighted by Gasteiger charge is 2.17. The molecule has 28 heavy (non-hydrogen) atoms.